The third-order valence-electron chi connectivity index (χ3n) is 5.71. The molecule has 0 saturated carbocycles. The van der Waals surface area contributed by atoms with Crippen molar-refractivity contribution in [3.8, 4) is 28.1 Å². The zero-order valence-corrected chi connectivity index (χ0v) is 16.5. The largest absolute Gasteiger partial charge is 0.497 e. The summed E-state index contributed by atoms with van der Waals surface area (Å²) in [6.07, 6.45) is 3.26. The monoisotopic (exact) mass is 369 g/mol. The van der Waals surface area contributed by atoms with E-state index in [1.165, 1.54) is 28.1 Å². The Morgan fingerprint density at radius 2 is 1.82 bits per heavy atom. The lowest BCUT2D eigenvalue weighted by atomic mass is 10.00. The van der Waals surface area contributed by atoms with Crippen molar-refractivity contribution in [2.75, 3.05) is 7.11 Å². The van der Waals surface area contributed by atoms with E-state index in [1.807, 2.05) is 6.07 Å². The summed E-state index contributed by atoms with van der Waals surface area (Å²) in [4.78, 5) is 5.09. The summed E-state index contributed by atoms with van der Waals surface area (Å²) >= 11 is 0. The molecule has 0 amide bonds. The van der Waals surface area contributed by atoms with Crippen molar-refractivity contribution in [1.29, 1.82) is 0 Å². The normalized spacial score (nSPS) is 13.1. The van der Waals surface area contributed by atoms with Gasteiger partial charge < -0.3 is 4.74 Å². The fraction of sp³-hybridized carbons (Fsp3) is 0.250. The lowest BCUT2D eigenvalue weighted by Crippen LogP contribution is -2.03. The summed E-state index contributed by atoms with van der Waals surface area (Å²) in [6, 6.07) is 16.8. The number of hydrogen-bond acceptors (Lipinski definition) is 3. The van der Waals surface area contributed by atoms with Crippen LogP contribution in [0.4, 0.5) is 0 Å². The van der Waals surface area contributed by atoms with E-state index in [2.05, 4.69) is 60.8 Å². The van der Waals surface area contributed by atoms with E-state index in [0.717, 1.165) is 47.5 Å². The van der Waals surface area contributed by atoms with Crippen molar-refractivity contribution in [2.45, 2.75) is 33.1 Å². The molecule has 0 spiro atoms. The number of nitrogens with zero attached hydrogens (tertiary/aromatic N) is 3. The van der Waals surface area contributed by atoms with Gasteiger partial charge in [-0.05, 0) is 56.4 Å². The van der Waals surface area contributed by atoms with E-state index in [9.17, 15) is 0 Å². The van der Waals surface area contributed by atoms with Crippen LogP contribution in [0.15, 0.2) is 48.5 Å². The highest BCUT2D eigenvalue weighted by Crippen LogP contribution is 2.37. The molecule has 0 N–H and O–H groups in total. The molecule has 28 heavy (non-hydrogen) atoms. The number of aryl methyl sites for hydroxylation is 3. The Hall–Kier alpha value is -3.14. The summed E-state index contributed by atoms with van der Waals surface area (Å²) < 4.78 is 7.45. The van der Waals surface area contributed by atoms with Crippen LogP contribution in [0.5, 0.6) is 5.75 Å². The van der Waals surface area contributed by atoms with E-state index >= 15 is 0 Å². The molecular formula is C24H23N3O. The minimum absolute atomic E-state index is 0.870. The highest BCUT2D eigenvalue weighted by Gasteiger charge is 2.25. The van der Waals surface area contributed by atoms with Crippen LogP contribution in [0, 0.1) is 13.8 Å². The quantitative estimate of drug-likeness (QED) is 0.500. The van der Waals surface area contributed by atoms with Gasteiger partial charge in [0.25, 0.3) is 0 Å². The maximum Gasteiger partial charge on any atom is 0.164 e. The smallest absolute Gasteiger partial charge is 0.164 e. The van der Waals surface area contributed by atoms with E-state index in [-0.39, 0.29) is 0 Å². The molecule has 4 heteroatoms. The summed E-state index contributed by atoms with van der Waals surface area (Å²) in [5.74, 6) is 0.870. The Labute approximate surface area is 164 Å². The van der Waals surface area contributed by atoms with Gasteiger partial charge >= 0.3 is 0 Å². The first-order chi connectivity index (χ1) is 13.7. The fourth-order valence-electron chi connectivity index (χ4n) is 4.39. The summed E-state index contributed by atoms with van der Waals surface area (Å²) in [5, 5.41) is 4.95. The maximum absolute atomic E-state index is 5.39. The van der Waals surface area contributed by atoms with Gasteiger partial charge in [-0.1, -0.05) is 36.4 Å². The van der Waals surface area contributed by atoms with Crippen LogP contribution in [0.1, 0.15) is 28.9 Å². The molecule has 0 saturated heterocycles. The van der Waals surface area contributed by atoms with Gasteiger partial charge in [0.15, 0.2) is 5.65 Å². The molecule has 2 aromatic carbocycles. The first-order valence-corrected chi connectivity index (χ1v) is 9.79. The van der Waals surface area contributed by atoms with Crippen LogP contribution in [-0.2, 0) is 12.8 Å². The van der Waals surface area contributed by atoms with Crippen molar-refractivity contribution in [3.05, 3.63) is 71.0 Å². The number of hydrogen-bond donors (Lipinski definition) is 0. The van der Waals surface area contributed by atoms with Crippen LogP contribution in [0.3, 0.4) is 0 Å². The summed E-state index contributed by atoms with van der Waals surface area (Å²) in [5.41, 5.74) is 10.4. The van der Waals surface area contributed by atoms with Crippen LogP contribution >= 0.6 is 0 Å². The second kappa shape index (κ2) is 6.48. The van der Waals surface area contributed by atoms with Gasteiger partial charge in [0.1, 0.15) is 5.75 Å². The Morgan fingerprint density at radius 1 is 1.00 bits per heavy atom. The highest BCUT2D eigenvalue weighted by molar-refractivity contribution is 5.84. The number of aromatic nitrogens is 3. The lowest BCUT2D eigenvalue weighted by Gasteiger charge is -2.12. The molecule has 0 bridgehead atoms. The van der Waals surface area contributed by atoms with Gasteiger partial charge in [0, 0.05) is 22.4 Å². The number of fused-ring (bicyclic) bond motifs is 2. The van der Waals surface area contributed by atoms with Gasteiger partial charge in [0.05, 0.1) is 18.5 Å². The summed E-state index contributed by atoms with van der Waals surface area (Å²) in [6.45, 7) is 4.19. The number of rotatable bonds is 3. The van der Waals surface area contributed by atoms with Gasteiger partial charge in [-0.3, -0.25) is 0 Å². The van der Waals surface area contributed by atoms with Crippen LogP contribution < -0.4 is 4.74 Å². The number of benzene rings is 2. The minimum Gasteiger partial charge on any atom is -0.497 e. The van der Waals surface area contributed by atoms with E-state index in [1.54, 1.807) is 7.11 Å². The Bertz CT molecular complexity index is 1190. The molecule has 1 aliphatic carbocycles. The Balaban J connectivity index is 1.83. The number of ether oxygens (including phenoxy) is 1. The lowest BCUT2D eigenvalue weighted by molar-refractivity contribution is 0.414. The van der Waals surface area contributed by atoms with Crippen LogP contribution in [-0.4, -0.2) is 21.7 Å². The molecule has 0 fully saturated rings. The standard InChI is InChI=1S/C24H23N3O/c1-15-14-18(28-3)12-13-19(15)22-16(2)26-27-23(17-8-5-4-6-9-17)20-10-7-11-21(20)25-24(22)27/h4-6,8-9,12-14H,7,10-11H2,1-3H3. The van der Waals surface area contributed by atoms with Gasteiger partial charge in [-0.25, -0.2) is 9.50 Å². The molecule has 0 unspecified atom stereocenters. The molecule has 0 atom stereocenters. The molecule has 0 radical (unpaired) electrons. The van der Waals surface area contributed by atoms with Crippen molar-refractivity contribution in [1.82, 2.24) is 14.6 Å². The van der Waals surface area contributed by atoms with E-state index in [4.69, 9.17) is 14.8 Å². The average molecular weight is 369 g/mol. The van der Waals surface area contributed by atoms with Crippen LogP contribution in [0.2, 0.25) is 0 Å². The Morgan fingerprint density at radius 3 is 2.57 bits per heavy atom. The predicted molar refractivity (Wildman–Crippen MR) is 112 cm³/mol. The fourth-order valence-corrected chi connectivity index (χ4v) is 4.39. The maximum atomic E-state index is 5.39. The first-order valence-electron chi connectivity index (χ1n) is 9.79. The molecule has 2 heterocycles. The topological polar surface area (TPSA) is 39.4 Å². The van der Waals surface area contributed by atoms with Crippen molar-refractivity contribution >= 4 is 5.65 Å². The van der Waals surface area contributed by atoms with Gasteiger partial charge in [-0.2, -0.15) is 5.10 Å². The zero-order chi connectivity index (χ0) is 19.3. The first kappa shape index (κ1) is 17.0. The second-order valence-electron chi connectivity index (χ2n) is 7.48. The molecule has 2 aromatic heterocycles. The average Bonchev–Trinajstić information content (AvgIpc) is 3.30. The van der Waals surface area contributed by atoms with Gasteiger partial charge in [-0.15, -0.1) is 0 Å². The summed E-state index contributed by atoms with van der Waals surface area (Å²) in [7, 11) is 1.70. The molecular weight excluding hydrogens is 346 g/mol. The second-order valence-corrected chi connectivity index (χ2v) is 7.48. The zero-order valence-electron chi connectivity index (χ0n) is 16.5. The van der Waals surface area contributed by atoms with Crippen LogP contribution in [0.25, 0.3) is 28.0 Å². The number of methoxy groups -OCH3 is 1. The predicted octanol–water partition coefficient (Wildman–Crippen LogP) is 5.18. The molecule has 4 nitrogen and oxygen atoms in total. The van der Waals surface area contributed by atoms with Crippen molar-refractivity contribution < 1.29 is 4.74 Å². The van der Waals surface area contributed by atoms with Crippen molar-refractivity contribution in [3.63, 3.8) is 0 Å². The molecule has 5 rings (SSSR count). The molecule has 4 aromatic rings. The minimum atomic E-state index is 0.870. The van der Waals surface area contributed by atoms with Crippen molar-refractivity contribution in [2.24, 2.45) is 0 Å². The third-order valence-corrected chi connectivity index (χ3v) is 5.71. The third kappa shape index (κ3) is 2.52. The Kier molecular flexibility index (Phi) is 3.93. The molecule has 0 aliphatic heterocycles. The van der Waals surface area contributed by atoms with E-state index < -0.39 is 0 Å². The van der Waals surface area contributed by atoms with E-state index in [0.29, 0.717) is 0 Å². The molecule has 140 valence electrons. The highest BCUT2D eigenvalue weighted by atomic mass is 16.5. The molecule has 1 aliphatic rings. The SMILES string of the molecule is COc1ccc(-c2c(C)nn3c(-c4ccccc4)c4c(nc23)CCC4)c(C)c1. The van der Waals surface area contributed by atoms with Gasteiger partial charge in [0.2, 0.25) is 0 Å².